The van der Waals surface area contributed by atoms with Crippen LogP contribution in [0.5, 0.6) is 5.75 Å². The van der Waals surface area contributed by atoms with E-state index in [0.29, 0.717) is 11.4 Å². The van der Waals surface area contributed by atoms with Crippen LogP contribution in [0.25, 0.3) is 0 Å². The van der Waals surface area contributed by atoms with Crippen LogP contribution in [0.4, 0.5) is 5.69 Å². The van der Waals surface area contributed by atoms with Gasteiger partial charge in [-0.25, -0.2) is 13.1 Å². The standard InChI is InChI=1S/C21H28N2O4S/c1-15(2)23-28(25,26)19-12-8-17(9-13-19)22-20(24)14-27-18-10-6-16(7-11-18)21(3,4)5/h6-13,15,23H,14H2,1-5H3,(H,22,24). The van der Waals surface area contributed by atoms with Gasteiger partial charge in [0.05, 0.1) is 4.90 Å². The molecule has 0 bridgehead atoms. The summed E-state index contributed by atoms with van der Waals surface area (Å²) in [7, 11) is -3.55. The van der Waals surface area contributed by atoms with E-state index in [1.54, 1.807) is 26.0 Å². The fourth-order valence-corrected chi connectivity index (χ4v) is 3.74. The molecule has 0 heterocycles. The summed E-state index contributed by atoms with van der Waals surface area (Å²) in [6.45, 7) is 9.76. The second kappa shape index (κ2) is 8.75. The molecule has 0 saturated heterocycles. The molecule has 2 aromatic rings. The number of amides is 1. The van der Waals surface area contributed by atoms with E-state index in [9.17, 15) is 13.2 Å². The van der Waals surface area contributed by atoms with Crippen molar-refractivity contribution >= 4 is 21.6 Å². The zero-order valence-electron chi connectivity index (χ0n) is 16.9. The lowest BCUT2D eigenvalue weighted by Crippen LogP contribution is -2.30. The molecule has 0 spiro atoms. The Morgan fingerprint density at radius 2 is 1.57 bits per heavy atom. The zero-order valence-corrected chi connectivity index (χ0v) is 17.8. The molecule has 0 aliphatic heterocycles. The Labute approximate surface area is 167 Å². The third-order valence-electron chi connectivity index (χ3n) is 3.93. The molecule has 0 radical (unpaired) electrons. The molecule has 1 amide bonds. The Morgan fingerprint density at radius 1 is 1.00 bits per heavy atom. The lowest BCUT2D eigenvalue weighted by atomic mass is 9.87. The van der Waals surface area contributed by atoms with E-state index >= 15 is 0 Å². The zero-order chi connectivity index (χ0) is 20.9. The van der Waals surface area contributed by atoms with E-state index in [2.05, 4.69) is 30.8 Å². The largest absolute Gasteiger partial charge is 0.484 e. The fraction of sp³-hybridized carbons (Fsp3) is 0.381. The Kier molecular flexibility index (Phi) is 6.85. The summed E-state index contributed by atoms with van der Waals surface area (Å²) in [4.78, 5) is 12.2. The molecule has 0 fully saturated rings. The topological polar surface area (TPSA) is 84.5 Å². The molecule has 0 saturated carbocycles. The molecule has 0 aliphatic rings. The Balaban J connectivity index is 1.91. The minimum atomic E-state index is -3.55. The van der Waals surface area contributed by atoms with Crippen molar-refractivity contribution < 1.29 is 17.9 Å². The van der Waals surface area contributed by atoms with Crippen molar-refractivity contribution in [3.05, 3.63) is 54.1 Å². The van der Waals surface area contributed by atoms with E-state index in [4.69, 9.17) is 4.74 Å². The molecule has 6 nitrogen and oxygen atoms in total. The molecule has 152 valence electrons. The summed E-state index contributed by atoms with van der Waals surface area (Å²) in [6.07, 6.45) is 0. The van der Waals surface area contributed by atoms with E-state index in [1.165, 1.54) is 17.7 Å². The number of carbonyl (C=O) groups is 1. The molecule has 28 heavy (non-hydrogen) atoms. The number of hydrogen-bond donors (Lipinski definition) is 2. The summed E-state index contributed by atoms with van der Waals surface area (Å²) >= 11 is 0. The van der Waals surface area contributed by atoms with Gasteiger partial charge < -0.3 is 10.1 Å². The van der Waals surface area contributed by atoms with Gasteiger partial charge >= 0.3 is 0 Å². The minimum absolute atomic E-state index is 0.0558. The van der Waals surface area contributed by atoms with Crippen LogP contribution in [0.15, 0.2) is 53.4 Å². The number of hydrogen-bond acceptors (Lipinski definition) is 4. The van der Waals surface area contributed by atoms with Crippen LogP contribution >= 0.6 is 0 Å². The summed E-state index contributed by atoms with van der Waals surface area (Å²) in [5, 5.41) is 2.69. The van der Waals surface area contributed by atoms with Crippen LogP contribution in [-0.2, 0) is 20.2 Å². The summed E-state index contributed by atoms with van der Waals surface area (Å²) in [5.74, 6) is 0.292. The van der Waals surface area contributed by atoms with E-state index in [0.717, 1.165) is 0 Å². The monoisotopic (exact) mass is 404 g/mol. The quantitative estimate of drug-likeness (QED) is 0.737. The predicted octanol–water partition coefficient (Wildman–Crippen LogP) is 3.69. The maximum absolute atomic E-state index is 12.1. The summed E-state index contributed by atoms with van der Waals surface area (Å²) in [6, 6.07) is 13.5. The maximum Gasteiger partial charge on any atom is 0.262 e. The molecule has 2 aromatic carbocycles. The highest BCUT2D eigenvalue weighted by Gasteiger charge is 2.15. The highest BCUT2D eigenvalue weighted by molar-refractivity contribution is 7.89. The van der Waals surface area contributed by atoms with Crippen molar-refractivity contribution in [2.75, 3.05) is 11.9 Å². The predicted molar refractivity (Wildman–Crippen MR) is 111 cm³/mol. The van der Waals surface area contributed by atoms with Gasteiger partial charge in [-0.15, -0.1) is 0 Å². The third-order valence-corrected chi connectivity index (χ3v) is 5.60. The van der Waals surface area contributed by atoms with Gasteiger partial charge in [-0.1, -0.05) is 32.9 Å². The van der Waals surface area contributed by atoms with Crippen molar-refractivity contribution in [2.24, 2.45) is 0 Å². The molecule has 7 heteroatoms. The van der Waals surface area contributed by atoms with Gasteiger partial charge in [-0.2, -0.15) is 0 Å². The number of sulfonamides is 1. The van der Waals surface area contributed by atoms with Gasteiger partial charge in [-0.3, -0.25) is 4.79 Å². The van der Waals surface area contributed by atoms with Crippen LogP contribution in [0.3, 0.4) is 0 Å². The molecule has 0 aromatic heterocycles. The van der Waals surface area contributed by atoms with Gasteiger partial charge in [0.25, 0.3) is 5.91 Å². The highest BCUT2D eigenvalue weighted by Crippen LogP contribution is 2.24. The summed E-state index contributed by atoms with van der Waals surface area (Å²) < 4.78 is 32.2. The second-order valence-electron chi connectivity index (χ2n) is 7.91. The smallest absolute Gasteiger partial charge is 0.262 e. The van der Waals surface area contributed by atoms with Gasteiger partial charge in [0.1, 0.15) is 5.75 Å². The molecule has 2 N–H and O–H groups in total. The molecule has 0 atom stereocenters. The molecule has 0 aliphatic carbocycles. The van der Waals surface area contributed by atoms with Crippen molar-refractivity contribution in [2.45, 2.75) is 51.0 Å². The minimum Gasteiger partial charge on any atom is -0.484 e. The first kappa shape index (κ1) is 21.9. The van der Waals surface area contributed by atoms with Crippen molar-refractivity contribution in [3.63, 3.8) is 0 Å². The first-order valence-corrected chi connectivity index (χ1v) is 10.6. The Hall–Kier alpha value is -2.38. The molecule has 0 unspecified atom stereocenters. The van der Waals surface area contributed by atoms with Crippen LogP contribution in [0.2, 0.25) is 0 Å². The Morgan fingerprint density at radius 3 is 2.07 bits per heavy atom. The lowest BCUT2D eigenvalue weighted by Gasteiger charge is -2.19. The third kappa shape index (κ3) is 6.35. The van der Waals surface area contributed by atoms with Crippen molar-refractivity contribution in [1.29, 1.82) is 0 Å². The molecular formula is C21H28N2O4S. The normalized spacial score (nSPS) is 12.1. The first-order valence-electron chi connectivity index (χ1n) is 9.13. The molecular weight excluding hydrogens is 376 g/mol. The van der Waals surface area contributed by atoms with E-state index < -0.39 is 10.0 Å². The maximum atomic E-state index is 12.1. The SMILES string of the molecule is CC(C)NS(=O)(=O)c1ccc(NC(=O)COc2ccc(C(C)(C)C)cc2)cc1. The van der Waals surface area contributed by atoms with Gasteiger partial charge in [0, 0.05) is 11.7 Å². The number of rotatable bonds is 7. The van der Waals surface area contributed by atoms with Gasteiger partial charge in [0.2, 0.25) is 10.0 Å². The second-order valence-corrected chi connectivity index (χ2v) is 9.63. The average molecular weight is 405 g/mol. The van der Waals surface area contributed by atoms with Crippen LogP contribution in [-0.4, -0.2) is 27.0 Å². The van der Waals surface area contributed by atoms with E-state index in [1.807, 2.05) is 24.3 Å². The number of anilines is 1. The average Bonchev–Trinajstić information content (AvgIpc) is 2.59. The van der Waals surface area contributed by atoms with Gasteiger partial charge in [-0.05, 0) is 61.2 Å². The van der Waals surface area contributed by atoms with E-state index in [-0.39, 0.29) is 28.9 Å². The van der Waals surface area contributed by atoms with Crippen molar-refractivity contribution in [3.8, 4) is 5.75 Å². The number of nitrogens with one attached hydrogen (secondary N) is 2. The van der Waals surface area contributed by atoms with Crippen molar-refractivity contribution in [1.82, 2.24) is 4.72 Å². The number of benzene rings is 2. The van der Waals surface area contributed by atoms with Gasteiger partial charge in [0.15, 0.2) is 6.61 Å². The van der Waals surface area contributed by atoms with Crippen LogP contribution in [0.1, 0.15) is 40.2 Å². The Bertz CT molecular complexity index is 897. The van der Waals surface area contributed by atoms with Crippen LogP contribution in [0, 0.1) is 0 Å². The first-order chi connectivity index (χ1) is 13.0. The molecule has 2 rings (SSSR count). The summed E-state index contributed by atoms with van der Waals surface area (Å²) in [5.41, 5.74) is 1.74. The fourth-order valence-electron chi connectivity index (χ4n) is 2.49. The number of ether oxygens (including phenoxy) is 1. The lowest BCUT2D eigenvalue weighted by molar-refractivity contribution is -0.118. The van der Waals surface area contributed by atoms with Crippen LogP contribution < -0.4 is 14.8 Å². The highest BCUT2D eigenvalue weighted by atomic mass is 32.2. The number of carbonyl (C=O) groups excluding carboxylic acids is 1.